The maximum absolute atomic E-state index is 11.6. The second-order valence-electron chi connectivity index (χ2n) is 4.80. The normalized spacial score (nSPS) is 11.6. The molecule has 0 saturated carbocycles. The summed E-state index contributed by atoms with van der Waals surface area (Å²) in [6.45, 7) is 4.27. The van der Waals surface area contributed by atoms with Gasteiger partial charge in [0.25, 0.3) is 0 Å². The fraction of sp³-hybridized carbons (Fsp3) is 0.333. The van der Waals surface area contributed by atoms with Gasteiger partial charge in [-0.05, 0) is 26.0 Å². The Bertz CT molecular complexity index is 628. The maximum Gasteiger partial charge on any atom is 0.221 e. The Hall–Kier alpha value is -1.14. The predicted octanol–water partition coefficient (Wildman–Crippen LogP) is 3.72. The predicted molar refractivity (Wildman–Crippen MR) is 94.8 cm³/mol. The van der Waals surface area contributed by atoms with Crippen molar-refractivity contribution in [2.24, 2.45) is 5.73 Å². The van der Waals surface area contributed by atoms with Gasteiger partial charge in [-0.1, -0.05) is 23.7 Å². The summed E-state index contributed by atoms with van der Waals surface area (Å²) in [6, 6.07) is 7.52. The van der Waals surface area contributed by atoms with Crippen molar-refractivity contribution in [3.8, 4) is 10.6 Å². The number of halogens is 2. The maximum atomic E-state index is 11.6. The van der Waals surface area contributed by atoms with Gasteiger partial charge in [0.15, 0.2) is 0 Å². The average molecular weight is 360 g/mol. The zero-order valence-corrected chi connectivity index (χ0v) is 14.8. The first kappa shape index (κ1) is 18.9. The monoisotopic (exact) mass is 359 g/mol. The summed E-state index contributed by atoms with van der Waals surface area (Å²) >= 11 is 7.48. The van der Waals surface area contributed by atoms with Crippen LogP contribution in [0.25, 0.3) is 10.6 Å². The van der Waals surface area contributed by atoms with Gasteiger partial charge in [-0.25, -0.2) is 4.98 Å². The number of benzene rings is 1. The lowest BCUT2D eigenvalue weighted by molar-refractivity contribution is -0.121. The molecule has 0 spiro atoms. The second-order valence-corrected chi connectivity index (χ2v) is 6.27. The number of aromatic nitrogens is 1. The van der Waals surface area contributed by atoms with E-state index in [0.29, 0.717) is 18.0 Å². The van der Waals surface area contributed by atoms with Crippen LogP contribution in [0, 0.1) is 6.92 Å². The number of carbonyl (C=O) groups is 1. The van der Waals surface area contributed by atoms with Crippen LogP contribution in [0.15, 0.2) is 24.3 Å². The number of nitrogens with zero attached hydrogens (tertiary/aromatic N) is 1. The second kappa shape index (κ2) is 8.48. The summed E-state index contributed by atoms with van der Waals surface area (Å²) in [4.78, 5) is 17.3. The molecule has 7 heteroatoms. The number of carbonyl (C=O) groups excluding carboxylic acids is 1. The van der Waals surface area contributed by atoms with Crippen LogP contribution in [0.4, 0.5) is 0 Å². The quantitative estimate of drug-likeness (QED) is 0.854. The topological polar surface area (TPSA) is 68.0 Å². The first-order chi connectivity index (χ1) is 10.0. The number of aryl methyl sites for hydroxylation is 1. The van der Waals surface area contributed by atoms with E-state index in [4.69, 9.17) is 17.3 Å². The minimum atomic E-state index is -0.0670. The van der Waals surface area contributed by atoms with Crippen LogP contribution in [0.2, 0.25) is 5.02 Å². The van der Waals surface area contributed by atoms with Gasteiger partial charge in [0, 0.05) is 23.6 Å². The number of nitrogens with two attached hydrogens (primary N) is 1. The number of thiazole rings is 1. The van der Waals surface area contributed by atoms with E-state index in [1.54, 1.807) is 11.3 Å². The van der Waals surface area contributed by atoms with Crippen molar-refractivity contribution in [1.82, 2.24) is 10.3 Å². The molecule has 4 nitrogen and oxygen atoms in total. The Kier molecular flexibility index (Phi) is 7.29. The van der Waals surface area contributed by atoms with Crippen LogP contribution in [-0.2, 0) is 4.79 Å². The van der Waals surface area contributed by atoms with Crippen molar-refractivity contribution in [3.05, 3.63) is 39.9 Å². The first-order valence-electron chi connectivity index (χ1n) is 6.74. The summed E-state index contributed by atoms with van der Waals surface area (Å²) < 4.78 is 0. The van der Waals surface area contributed by atoms with Crippen molar-refractivity contribution in [3.63, 3.8) is 0 Å². The molecule has 1 aromatic heterocycles. The Labute approximate surface area is 145 Å². The average Bonchev–Trinajstić information content (AvgIpc) is 2.82. The highest BCUT2D eigenvalue weighted by atomic mass is 35.5. The zero-order valence-electron chi connectivity index (χ0n) is 12.4. The minimum Gasteiger partial charge on any atom is -0.349 e. The molecule has 0 aliphatic carbocycles. The third-order valence-electron chi connectivity index (χ3n) is 3.07. The number of amides is 1. The van der Waals surface area contributed by atoms with Crippen LogP contribution in [-0.4, -0.2) is 17.4 Å². The van der Waals surface area contributed by atoms with Gasteiger partial charge in [-0.15, -0.1) is 23.7 Å². The van der Waals surface area contributed by atoms with Crippen LogP contribution < -0.4 is 11.1 Å². The molecule has 0 bridgehead atoms. The lowest BCUT2D eigenvalue weighted by atomic mass is 10.2. The van der Waals surface area contributed by atoms with Crippen molar-refractivity contribution in [2.75, 3.05) is 6.54 Å². The number of hydrogen-bond acceptors (Lipinski definition) is 4. The summed E-state index contributed by atoms with van der Waals surface area (Å²) in [5.74, 6) is -0.0363. The molecule has 1 atom stereocenters. The molecule has 1 amide bonds. The van der Waals surface area contributed by atoms with E-state index >= 15 is 0 Å². The number of hydrogen-bond donors (Lipinski definition) is 2. The molecule has 0 fully saturated rings. The van der Waals surface area contributed by atoms with Crippen molar-refractivity contribution < 1.29 is 4.79 Å². The largest absolute Gasteiger partial charge is 0.349 e. The molecule has 120 valence electrons. The summed E-state index contributed by atoms with van der Waals surface area (Å²) in [5.41, 5.74) is 7.35. The van der Waals surface area contributed by atoms with Crippen LogP contribution >= 0.6 is 35.3 Å². The summed E-state index contributed by atoms with van der Waals surface area (Å²) in [6.07, 6.45) is 0.340. The van der Waals surface area contributed by atoms with Gasteiger partial charge in [0.05, 0.1) is 16.6 Å². The van der Waals surface area contributed by atoms with E-state index in [0.717, 1.165) is 21.1 Å². The lowest BCUT2D eigenvalue weighted by Crippen LogP contribution is -2.28. The molecule has 1 aromatic carbocycles. The van der Waals surface area contributed by atoms with Crippen LogP contribution in [0.5, 0.6) is 0 Å². The SMILES string of the molecule is Cc1nc(-c2ccc(Cl)cc2)sc1C(C)NC(=O)CCN.Cl. The van der Waals surface area contributed by atoms with Crippen LogP contribution in [0.1, 0.15) is 30.0 Å². The Balaban J connectivity index is 0.00000242. The van der Waals surface area contributed by atoms with E-state index < -0.39 is 0 Å². The number of nitrogens with one attached hydrogen (secondary N) is 1. The molecule has 3 N–H and O–H groups in total. The summed E-state index contributed by atoms with van der Waals surface area (Å²) in [5, 5.41) is 4.58. The smallest absolute Gasteiger partial charge is 0.221 e. The Morgan fingerprint density at radius 1 is 1.41 bits per heavy atom. The third-order valence-corrected chi connectivity index (χ3v) is 4.71. The highest BCUT2D eigenvalue weighted by Gasteiger charge is 2.16. The Morgan fingerprint density at radius 3 is 2.64 bits per heavy atom. The molecule has 22 heavy (non-hydrogen) atoms. The van der Waals surface area contributed by atoms with Gasteiger partial charge < -0.3 is 11.1 Å². The van der Waals surface area contributed by atoms with E-state index in [9.17, 15) is 4.79 Å². The van der Waals surface area contributed by atoms with Gasteiger partial charge in [0.1, 0.15) is 5.01 Å². The van der Waals surface area contributed by atoms with Gasteiger partial charge in [0.2, 0.25) is 5.91 Å². The third kappa shape index (κ3) is 4.68. The Morgan fingerprint density at radius 2 is 2.05 bits per heavy atom. The van der Waals surface area contributed by atoms with Crippen molar-refractivity contribution >= 4 is 41.3 Å². The molecule has 1 unspecified atom stereocenters. The minimum absolute atomic E-state index is 0. The molecular weight excluding hydrogens is 341 g/mol. The van der Waals surface area contributed by atoms with Gasteiger partial charge in [-0.2, -0.15) is 0 Å². The van der Waals surface area contributed by atoms with E-state index in [2.05, 4.69) is 10.3 Å². The van der Waals surface area contributed by atoms with Gasteiger partial charge in [-0.3, -0.25) is 4.79 Å². The number of rotatable bonds is 5. The van der Waals surface area contributed by atoms with Crippen LogP contribution in [0.3, 0.4) is 0 Å². The molecule has 0 radical (unpaired) electrons. The molecule has 2 aromatic rings. The van der Waals surface area contributed by atoms with Crippen molar-refractivity contribution in [2.45, 2.75) is 26.3 Å². The molecule has 2 rings (SSSR count). The molecular formula is C15H19Cl2N3OS. The summed E-state index contributed by atoms with van der Waals surface area (Å²) in [7, 11) is 0. The highest BCUT2D eigenvalue weighted by Crippen LogP contribution is 2.32. The molecule has 0 aliphatic rings. The molecule has 0 saturated heterocycles. The lowest BCUT2D eigenvalue weighted by Gasteiger charge is -2.12. The van der Waals surface area contributed by atoms with E-state index in [1.807, 2.05) is 38.1 Å². The van der Waals surface area contributed by atoms with E-state index in [1.165, 1.54) is 0 Å². The standard InChI is InChI=1S/C15H18ClN3OS.ClH/c1-9(18-13(20)7-8-17)14-10(2)19-15(21-14)11-3-5-12(16)6-4-11;/h3-6,9H,7-8,17H2,1-2H3,(H,18,20);1H. The van der Waals surface area contributed by atoms with Gasteiger partial charge >= 0.3 is 0 Å². The highest BCUT2D eigenvalue weighted by molar-refractivity contribution is 7.15. The fourth-order valence-corrected chi connectivity index (χ4v) is 3.24. The van der Waals surface area contributed by atoms with E-state index in [-0.39, 0.29) is 24.4 Å². The molecule has 0 aliphatic heterocycles. The zero-order chi connectivity index (χ0) is 15.4. The first-order valence-corrected chi connectivity index (χ1v) is 7.93. The molecule has 1 heterocycles. The van der Waals surface area contributed by atoms with Crippen molar-refractivity contribution in [1.29, 1.82) is 0 Å². The fourth-order valence-electron chi connectivity index (χ4n) is 2.04.